The van der Waals surface area contributed by atoms with Gasteiger partial charge in [0.05, 0.1) is 13.5 Å². The third kappa shape index (κ3) is 3.31. The van der Waals surface area contributed by atoms with Crippen LogP contribution in [0.4, 0.5) is 4.39 Å². The van der Waals surface area contributed by atoms with Crippen molar-refractivity contribution in [1.29, 1.82) is 0 Å². The van der Waals surface area contributed by atoms with Crippen molar-refractivity contribution in [3.63, 3.8) is 0 Å². The Morgan fingerprint density at radius 1 is 1.50 bits per heavy atom. The van der Waals surface area contributed by atoms with Gasteiger partial charge in [-0.05, 0) is 36.7 Å². The molecule has 0 spiro atoms. The fourth-order valence-electron chi connectivity index (χ4n) is 1.62. The average Bonchev–Trinajstić information content (AvgIpc) is 2.24. The maximum absolute atomic E-state index is 13.2. The number of rotatable bonds is 4. The molecule has 0 saturated heterocycles. The third-order valence-electron chi connectivity index (χ3n) is 2.46. The van der Waals surface area contributed by atoms with Crippen molar-refractivity contribution >= 4 is 5.97 Å². The van der Waals surface area contributed by atoms with Gasteiger partial charge < -0.3 is 10.5 Å². The fraction of sp³-hybridized carbons (Fsp3) is 0.417. The number of esters is 1. The van der Waals surface area contributed by atoms with Gasteiger partial charge in [0, 0.05) is 5.92 Å². The highest BCUT2D eigenvalue weighted by Gasteiger charge is 2.15. The van der Waals surface area contributed by atoms with E-state index in [1.807, 2.05) is 6.07 Å². The molecule has 0 aliphatic heterocycles. The Hall–Kier alpha value is -1.42. The molecule has 4 heteroatoms. The van der Waals surface area contributed by atoms with Crippen LogP contribution in [-0.2, 0) is 9.53 Å². The van der Waals surface area contributed by atoms with E-state index in [2.05, 4.69) is 4.74 Å². The highest BCUT2D eigenvalue weighted by molar-refractivity contribution is 5.70. The highest BCUT2D eigenvalue weighted by atomic mass is 19.1. The summed E-state index contributed by atoms with van der Waals surface area (Å²) in [5, 5.41) is 0. The molecule has 88 valence electrons. The lowest BCUT2D eigenvalue weighted by atomic mass is 9.94. The minimum Gasteiger partial charge on any atom is -0.469 e. The number of nitrogens with two attached hydrogens (primary N) is 1. The lowest BCUT2D eigenvalue weighted by Gasteiger charge is -2.14. The first-order valence-corrected chi connectivity index (χ1v) is 5.10. The van der Waals surface area contributed by atoms with Gasteiger partial charge in [0.15, 0.2) is 0 Å². The summed E-state index contributed by atoms with van der Waals surface area (Å²) in [5.41, 5.74) is 7.14. The predicted molar refractivity (Wildman–Crippen MR) is 59.6 cm³/mol. The van der Waals surface area contributed by atoms with Gasteiger partial charge in [-0.15, -0.1) is 0 Å². The number of hydrogen-bond acceptors (Lipinski definition) is 3. The largest absolute Gasteiger partial charge is 0.469 e. The number of hydrogen-bond donors (Lipinski definition) is 1. The molecule has 0 fully saturated rings. The Labute approximate surface area is 94.4 Å². The first-order valence-electron chi connectivity index (χ1n) is 5.10. The first-order chi connectivity index (χ1) is 7.56. The number of halogens is 1. The van der Waals surface area contributed by atoms with Crippen molar-refractivity contribution in [1.82, 2.24) is 0 Å². The second kappa shape index (κ2) is 5.61. The molecule has 1 aromatic carbocycles. The van der Waals surface area contributed by atoms with Crippen LogP contribution in [0.1, 0.15) is 23.5 Å². The van der Waals surface area contributed by atoms with Gasteiger partial charge in [0.2, 0.25) is 0 Å². The van der Waals surface area contributed by atoms with Crippen molar-refractivity contribution in [3.8, 4) is 0 Å². The average molecular weight is 225 g/mol. The normalized spacial score (nSPS) is 12.2. The number of carbonyl (C=O) groups excluding carboxylic acids is 1. The summed E-state index contributed by atoms with van der Waals surface area (Å²) >= 11 is 0. The van der Waals surface area contributed by atoms with E-state index < -0.39 is 0 Å². The Bertz CT molecular complexity index is 359. The Balaban J connectivity index is 2.90. The Kier molecular flexibility index (Phi) is 4.43. The number of aryl methyl sites for hydroxylation is 1. The van der Waals surface area contributed by atoms with Gasteiger partial charge >= 0.3 is 5.97 Å². The molecule has 0 aromatic heterocycles. The summed E-state index contributed by atoms with van der Waals surface area (Å²) in [7, 11) is 1.33. The van der Waals surface area contributed by atoms with E-state index in [1.165, 1.54) is 19.2 Å². The fourth-order valence-corrected chi connectivity index (χ4v) is 1.62. The van der Waals surface area contributed by atoms with E-state index in [9.17, 15) is 9.18 Å². The molecule has 1 rings (SSSR count). The van der Waals surface area contributed by atoms with Crippen LogP contribution < -0.4 is 5.73 Å². The zero-order valence-electron chi connectivity index (χ0n) is 9.50. The summed E-state index contributed by atoms with van der Waals surface area (Å²) in [6, 6.07) is 4.69. The second-order valence-electron chi connectivity index (χ2n) is 3.77. The van der Waals surface area contributed by atoms with Crippen LogP contribution in [0.3, 0.4) is 0 Å². The van der Waals surface area contributed by atoms with Crippen molar-refractivity contribution < 1.29 is 13.9 Å². The molecule has 0 amide bonds. The van der Waals surface area contributed by atoms with Crippen LogP contribution in [-0.4, -0.2) is 19.6 Å². The standard InChI is InChI=1S/C12H16FNO2/c1-8-3-9(5-11(13)4-8)10(7-14)6-12(15)16-2/h3-5,10H,6-7,14H2,1-2H3. The smallest absolute Gasteiger partial charge is 0.306 e. The van der Waals surface area contributed by atoms with Crippen molar-refractivity contribution in [3.05, 3.63) is 35.1 Å². The minimum absolute atomic E-state index is 0.176. The van der Waals surface area contributed by atoms with E-state index in [0.717, 1.165) is 11.1 Å². The summed E-state index contributed by atoms with van der Waals surface area (Å²) in [6.45, 7) is 2.09. The number of methoxy groups -OCH3 is 1. The molecule has 1 unspecified atom stereocenters. The monoisotopic (exact) mass is 225 g/mol. The van der Waals surface area contributed by atoms with Crippen molar-refractivity contribution in [2.24, 2.45) is 5.73 Å². The van der Waals surface area contributed by atoms with Gasteiger partial charge in [-0.3, -0.25) is 4.79 Å². The quantitative estimate of drug-likeness (QED) is 0.794. The van der Waals surface area contributed by atoms with Gasteiger partial charge in [-0.1, -0.05) is 6.07 Å². The molecule has 0 bridgehead atoms. The Morgan fingerprint density at radius 2 is 2.19 bits per heavy atom. The highest BCUT2D eigenvalue weighted by Crippen LogP contribution is 2.21. The summed E-state index contributed by atoms with van der Waals surface area (Å²) < 4.78 is 17.8. The summed E-state index contributed by atoms with van der Waals surface area (Å²) in [6.07, 6.45) is 0.176. The van der Waals surface area contributed by atoms with Gasteiger partial charge in [-0.25, -0.2) is 4.39 Å². The lowest BCUT2D eigenvalue weighted by molar-refractivity contribution is -0.141. The molecule has 1 aromatic rings. The van der Waals surface area contributed by atoms with E-state index in [-0.39, 0.29) is 30.7 Å². The third-order valence-corrected chi connectivity index (χ3v) is 2.46. The molecular weight excluding hydrogens is 209 g/mol. The van der Waals surface area contributed by atoms with E-state index in [0.29, 0.717) is 0 Å². The predicted octanol–water partition coefficient (Wildman–Crippen LogP) is 1.74. The van der Waals surface area contributed by atoms with E-state index >= 15 is 0 Å². The second-order valence-corrected chi connectivity index (χ2v) is 3.77. The van der Waals surface area contributed by atoms with Gasteiger partial charge in [0.1, 0.15) is 5.82 Å². The maximum Gasteiger partial charge on any atom is 0.306 e. The molecular formula is C12H16FNO2. The zero-order chi connectivity index (χ0) is 12.1. The summed E-state index contributed by atoms with van der Waals surface area (Å²) in [5.74, 6) is -0.836. The van der Waals surface area contributed by atoms with Gasteiger partial charge in [-0.2, -0.15) is 0 Å². The Morgan fingerprint density at radius 3 is 2.69 bits per heavy atom. The van der Waals surface area contributed by atoms with Crippen molar-refractivity contribution in [2.45, 2.75) is 19.3 Å². The number of benzene rings is 1. The molecule has 0 aliphatic rings. The van der Waals surface area contributed by atoms with Crippen LogP contribution in [0.25, 0.3) is 0 Å². The molecule has 3 nitrogen and oxygen atoms in total. The number of carbonyl (C=O) groups is 1. The lowest BCUT2D eigenvalue weighted by Crippen LogP contribution is -2.17. The molecule has 16 heavy (non-hydrogen) atoms. The van der Waals surface area contributed by atoms with E-state index in [1.54, 1.807) is 6.92 Å². The SMILES string of the molecule is COC(=O)CC(CN)c1cc(C)cc(F)c1. The minimum atomic E-state index is -0.336. The molecule has 0 heterocycles. The van der Waals surface area contributed by atoms with Gasteiger partial charge in [0.25, 0.3) is 0 Å². The molecule has 0 aliphatic carbocycles. The molecule has 2 N–H and O–H groups in total. The van der Waals surface area contributed by atoms with Crippen LogP contribution in [0, 0.1) is 12.7 Å². The van der Waals surface area contributed by atoms with Crippen LogP contribution in [0.15, 0.2) is 18.2 Å². The zero-order valence-corrected chi connectivity index (χ0v) is 9.50. The first kappa shape index (κ1) is 12.6. The number of ether oxygens (including phenoxy) is 1. The van der Waals surface area contributed by atoms with Crippen LogP contribution >= 0.6 is 0 Å². The maximum atomic E-state index is 13.2. The molecule has 0 saturated carbocycles. The summed E-state index contributed by atoms with van der Waals surface area (Å²) in [4.78, 5) is 11.2. The van der Waals surface area contributed by atoms with E-state index in [4.69, 9.17) is 5.73 Å². The topological polar surface area (TPSA) is 52.3 Å². The van der Waals surface area contributed by atoms with Crippen LogP contribution in [0.2, 0.25) is 0 Å². The molecule has 1 atom stereocenters. The van der Waals surface area contributed by atoms with Crippen molar-refractivity contribution in [2.75, 3.05) is 13.7 Å². The van der Waals surface area contributed by atoms with Crippen LogP contribution in [0.5, 0.6) is 0 Å². The molecule has 0 radical (unpaired) electrons.